The van der Waals surface area contributed by atoms with Crippen molar-refractivity contribution >= 4 is 0 Å². The van der Waals surface area contributed by atoms with Gasteiger partial charge in [0.15, 0.2) is 0 Å². The maximum Gasteiger partial charge on any atom is 0.127 e. The van der Waals surface area contributed by atoms with Crippen molar-refractivity contribution in [3.05, 3.63) is 54.1 Å². The third kappa shape index (κ3) is 3.40. The second-order valence-electron chi connectivity index (χ2n) is 4.98. The van der Waals surface area contributed by atoms with Gasteiger partial charge in [-0.3, -0.25) is 0 Å². The van der Waals surface area contributed by atoms with E-state index in [1.807, 2.05) is 18.2 Å². The fraction of sp³-hybridized carbons (Fsp3) is 0.333. The smallest absolute Gasteiger partial charge is 0.127 e. The van der Waals surface area contributed by atoms with E-state index < -0.39 is 0 Å². The highest BCUT2D eigenvalue weighted by Gasteiger charge is 2.08. The molecule has 1 unspecified atom stereocenters. The summed E-state index contributed by atoms with van der Waals surface area (Å²) in [5, 5.41) is 0. The molecule has 0 heterocycles. The summed E-state index contributed by atoms with van der Waals surface area (Å²) in [5.41, 5.74) is 9.60. The van der Waals surface area contributed by atoms with Crippen molar-refractivity contribution in [1.29, 1.82) is 0 Å². The highest BCUT2D eigenvalue weighted by atomic mass is 16.5. The van der Waals surface area contributed by atoms with Crippen LogP contribution in [0.15, 0.2) is 48.5 Å². The zero-order chi connectivity index (χ0) is 14.4. The molecule has 2 heteroatoms. The molecule has 0 aliphatic heterocycles. The minimum Gasteiger partial charge on any atom is -0.493 e. The molecule has 0 radical (unpaired) electrons. The van der Waals surface area contributed by atoms with Crippen molar-refractivity contribution < 1.29 is 4.74 Å². The zero-order valence-electron chi connectivity index (χ0n) is 12.3. The van der Waals surface area contributed by atoms with Crippen LogP contribution in [-0.4, -0.2) is 6.61 Å². The molecule has 0 bridgehead atoms. The molecule has 20 heavy (non-hydrogen) atoms. The number of hydrogen-bond acceptors (Lipinski definition) is 2. The predicted molar refractivity (Wildman–Crippen MR) is 84.9 cm³/mol. The largest absolute Gasteiger partial charge is 0.493 e. The van der Waals surface area contributed by atoms with Crippen LogP contribution in [0.3, 0.4) is 0 Å². The Balaban J connectivity index is 2.36. The molecule has 0 saturated heterocycles. The molecule has 2 nitrogen and oxygen atoms in total. The Morgan fingerprint density at radius 1 is 1.05 bits per heavy atom. The topological polar surface area (TPSA) is 35.2 Å². The molecule has 0 fully saturated rings. The SMILES string of the molecule is CCCOc1ccccc1-c1cccc(C(N)CC)c1. The average Bonchev–Trinajstić information content (AvgIpc) is 2.52. The number of para-hydroxylation sites is 1. The number of nitrogens with two attached hydrogens (primary N) is 1. The van der Waals surface area contributed by atoms with Gasteiger partial charge in [-0.15, -0.1) is 0 Å². The summed E-state index contributed by atoms with van der Waals surface area (Å²) < 4.78 is 5.84. The van der Waals surface area contributed by atoms with Crippen molar-refractivity contribution in [1.82, 2.24) is 0 Å². The van der Waals surface area contributed by atoms with E-state index >= 15 is 0 Å². The first-order valence-electron chi connectivity index (χ1n) is 7.34. The Morgan fingerprint density at radius 2 is 1.85 bits per heavy atom. The van der Waals surface area contributed by atoms with Gasteiger partial charge in [-0.1, -0.05) is 50.2 Å². The average molecular weight is 269 g/mol. The first-order chi connectivity index (χ1) is 9.76. The normalized spacial score (nSPS) is 12.2. The van der Waals surface area contributed by atoms with Crippen molar-refractivity contribution in [3.63, 3.8) is 0 Å². The summed E-state index contributed by atoms with van der Waals surface area (Å²) >= 11 is 0. The Labute approximate surface area is 121 Å². The van der Waals surface area contributed by atoms with Crippen LogP contribution in [0.2, 0.25) is 0 Å². The summed E-state index contributed by atoms with van der Waals surface area (Å²) in [7, 11) is 0. The van der Waals surface area contributed by atoms with Crippen molar-refractivity contribution in [2.24, 2.45) is 5.73 Å². The molecule has 106 valence electrons. The molecule has 0 aromatic heterocycles. The minimum absolute atomic E-state index is 0.0960. The number of benzene rings is 2. The molecular formula is C18H23NO. The summed E-state index contributed by atoms with van der Waals surface area (Å²) in [4.78, 5) is 0. The van der Waals surface area contributed by atoms with Crippen LogP contribution >= 0.6 is 0 Å². The van der Waals surface area contributed by atoms with Gasteiger partial charge >= 0.3 is 0 Å². The third-order valence-electron chi connectivity index (χ3n) is 3.41. The second-order valence-corrected chi connectivity index (χ2v) is 4.98. The summed E-state index contributed by atoms with van der Waals surface area (Å²) in [6.45, 7) is 4.96. The predicted octanol–water partition coefficient (Wildman–Crippen LogP) is 4.55. The molecule has 0 aliphatic rings. The molecule has 0 spiro atoms. The van der Waals surface area contributed by atoms with Crippen molar-refractivity contribution in [2.75, 3.05) is 6.61 Å². The van der Waals surface area contributed by atoms with E-state index in [0.29, 0.717) is 0 Å². The van der Waals surface area contributed by atoms with Gasteiger partial charge in [0.05, 0.1) is 6.61 Å². The molecule has 2 rings (SSSR count). The fourth-order valence-corrected chi connectivity index (χ4v) is 2.22. The van der Waals surface area contributed by atoms with E-state index in [1.165, 1.54) is 5.56 Å². The van der Waals surface area contributed by atoms with E-state index in [-0.39, 0.29) is 6.04 Å². The highest BCUT2D eigenvalue weighted by Crippen LogP contribution is 2.31. The Morgan fingerprint density at radius 3 is 2.60 bits per heavy atom. The van der Waals surface area contributed by atoms with Crippen molar-refractivity contribution in [2.45, 2.75) is 32.7 Å². The van der Waals surface area contributed by atoms with Gasteiger partial charge in [-0.2, -0.15) is 0 Å². The zero-order valence-corrected chi connectivity index (χ0v) is 12.3. The van der Waals surface area contributed by atoms with Crippen LogP contribution in [0.5, 0.6) is 5.75 Å². The second kappa shape index (κ2) is 7.11. The maximum atomic E-state index is 6.13. The maximum absolute atomic E-state index is 6.13. The van der Waals surface area contributed by atoms with Gasteiger partial charge in [0, 0.05) is 11.6 Å². The van der Waals surface area contributed by atoms with Gasteiger partial charge in [-0.25, -0.2) is 0 Å². The third-order valence-corrected chi connectivity index (χ3v) is 3.41. The van der Waals surface area contributed by atoms with Crippen molar-refractivity contribution in [3.8, 4) is 16.9 Å². The molecule has 0 saturated carbocycles. The van der Waals surface area contributed by atoms with Crippen LogP contribution in [-0.2, 0) is 0 Å². The lowest BCUT2D eigenvalue weighted by Gasteiger charge is -2.14. The Kier molecular flexibility index (Phi) is 5.19. The lowest BCUT2D eigenvalue weighted by atomic mass is 9.98. The fourth-order valence-electron chi connectivity index (χ4n) is 2.22. The van der Waals surface area contributed by atoms with Gasteiger partial charge in [0.2, 0.25) is 0 Å². The van der Waals surface area contributed by atoms with Gasteiger partial charge in [-0.05, 0) is 36.1 Å². The molecule has 0 aliphatic carbocycles. The van der Waals surface area contributed by atoms with Gasteiger partial charge in [0.25, 0.3) is 0 Å². The van der Waals surface area contributed by atoms with Crippen LogP contribution in [0, 0.1) is 0 Å². The summed E-state index contributed by atoms with van der Waals surface area (Å²) in [6, 6.07) is 16.7. The number of hydrogen-bond donors (Lipinski definition) is 1. The van der Waals surface area contributed by atoms with E-state index in [9.17, 15) is 0 Å². The van der Waals surface area contributed by atoms with Crippen LogP contribution in [0.4, 0.5) is 0 Å². The summed E-state index contributed by atoms with van der Waals surface area (Å²) in [6.07, 6.45) is 1.95. The summed E-state index contributed by atoms with van der Waals surface area (Å²) in [5.74, 6) is 0.941. The van der Waals surface area contributed by atoms with E-state index in [0.717, 1.165) is 36.3 Å². The van der Waals surface area contributed by atoms with Crippen LogP contribution in [0.25, 0.3) is 11.1 Å². The van der Waals surface area contributed by atoms with Crippen LogP contribution < -0.4 is 10.5 Å². The Bertz CT molecular complexity index is 551. The van der Waals surface area contributed by atoms with E-state index in [1.54, 1.807) is 0 Å². The molecule has 0 amide bonds. The minimum atomic E-state index is 0.0960. The number of rotatable bonds is 6. The molecular weight excluding hydrogens is 246 g/mol. The van der Waals surface area contributed by atoms with Gasteiger partial charge in [0.1, 0.15) is 5.75 Å². The quantitative estimate of drug-likeness (QED) is 0.834. The van der Waals surface area contributed by atoms with E-state index in [2.05, 4.69) is 44.2 Å². The van der Waals surface area contributed by atoms with Gasteiger partial charge < -0.3 is 10.5 Å². The first kappa shape index (κ1) is 14.6. The molecule has 1 atom stereocenters. The number of ether oxygens (including phenoxy) is 1. The first-order valence-corrected chi connectivity index (χ1v) is 7.34. The molecule has 2 N–H and O–H groups in total. The highest BCUT2D eigenvalue weighted by molar-refractivity contribution is 5.71. The van der Waals surface area contributed by atoms with Crippen LogP contribution in [0.1, 0.15) is 38.3 Å². The standard InChI is InChI=1S/C18H23NO/c1-3-12-20-18-11-6-5-10-16(18)14-8-7-9-15(13-14)17(19)4-2/h5-11,13,17H,3-4,12,19H2,1-2H3. The lowest BCUT2D eigenvalue weighted by molar-refractivity contribution is 0.318. The molecule has 2 aromatic rings. The lowest BCUT2D eigenvalue weighted by Crippen LogP contribution is -2.08. The Hall–Kier alpha value is -1.80. The molecule has 2 aromatic carbocycles. The van der Waals surface area contributed by atoms with E-state index in [4.69, 9.17) is 10.5 Å². The monoisotopic (exact) mass is 269 g/mol.